The van der Waals surface area contributed by atoms with Crippen LogP contribution in [0.1, 0.15) is 5.56 Å². The lowest BCUT2D eigenvalue weighted by Crippen LogP contribution is -1.88. The second-order valence-corrected chi connectivity index (χ2v) is 4.94. The highest BCUT2D eigenvalue weighted by Gasteiger charge is 2.14. The predicted octanol–water partition coefficient (Wildman–Crippen LogP) is 3.31. The molecule has 0 aliphatic rings. The van der Waals surface area contributed by atoms with Crippen LogP contribution in [0.5, 0.6) is 0 Å². The second kappa shape index (κ2) is 3.91. The van der Waals surface area contributed by atoms with Crippen molar-refractivity contribution in [2.24, 2.45) is 4.99 Å². The third-order valence-corrected chi connectivity index (χ3v) is 3.95. The molecule has 18 heavy (non-hydrogen) atoms. The molecule has 0 atom stereocenters. The topological polar surface area (TPSA) is 68.3 Å². The van der Waals surface area contributed by atoms with Gasteiger partial charge in [0.15, 0.2) is 5.00 Å². The monoisotopic (exact) mass is 255 g/mol. The highest BCUT2D eigenvalue weighted by atomic mass is 32.1. The van der Waals surface area contributed by atoms with E-state index < -0.39 is 0 Å². The van der Waals surface area contributed by atoms with Crippen LogP contribution in [-0.2, 0) is 4.79 Å². The molecule has 2 aromatic heterocycles. The fraction of sp³-hybridized carbons (Fsp3) is 0.0769. The van der Waals surface area contributed by atoms with Crippen LogP contribution in [-0.4, -0.2) is 11.1 Å². The smallest absolute Gasteiger partial charge is 0.241 e. The molecule has 5 heteroatoms. The van der Waals surface area contributed by atoms with Crippen molar-refractivity contribution in [1.29, 1.82) is 0 Å². The van der Waals surface area contributed by atoms with Crippen molar-refractivity contribution in [3.05, 3.63) is 29.8 Å². The lowest BCUT2D eigenvalue weighted by molar-refractivity contribution is 0.565. The number of aliphatic imine (C=N–C) groups is 1. The molecular formula is C13H9N3OS. The summed E-state index contributed by atoms with van der Waals surface area (Å²) in [5.74, 6) is 0. The molecule has 0 bridgehead atoms. The number of pyridine rings is 1. The number of nitrogens with two attached hydrogens (primary N) is 1. The zero-order valence-corrected chi connectivity index (χ0v) is 10.4. The van der Waals surface area contributed by atoms with Gasteiger partial charge in [-0.05, 0) is 18.6 Å². The van der Waals surface area contributed by atoms with Crippen LogP contribution in [0, 0.1) is 6.92 Å². The Bertz CT molecular complexity index is 816. The minimum Gasteiger partial charge on any atom is -0.396 e. The summed E-state index contributed by atoms with van der Waals surface area (Å²) in [6.07, 6.45) is 1.52. The summed E-state index contributed by atoms with van der Waals surface area (Å²) >= 11 is 1.31. The molecular weight excluding hydrogens is 246 g/mol. The Morgan fingerprint density at radius 1 is 1.39 bits per heavy atom. The number of nitrogen functional groups attached to an aromatic ring is 1. The van der Waals surface area contributed by atoms with E-state index in [2.05, 4.69) is 9.98 Å². The van der Waals surface area contributed by atoms with Gasteiger partial charge in [-0.15, -0.1) is 0 Å². The molecule has 0 saturated carbocycles. The van der Waals surface area contributed by atoms with E-state index in [1.165, 1.54) is 17.4 Å². The van der Waals surface area contributed by atoms with Crippen LogP contribution < -0.4 is 5.73 Å². The number of thiophene rings is 1. The summed E-state index contributed by atoms with van der Waals surface area (Å²) < 4.78 is 0. The van der Waals surface area contributed by atoms with Crippen molar-refractivity contribution in [2.45, 2.75) is 6.92 Å². The molecule has 0 amide bonds. The number of hydrogen-bond donors (Lipinski definition) is 1. The van der Waals surface area contributed by atoms with E-state index in [0.717, 1.165) is 26.7 Å². The Labute approximate surface area is 107 Å². The number of fused-ring (bicyclic) bond motifs is 2. The van der Waals surface area contributed by atoms with Gasteiger partial charge in [0.05, 0.1) is 11.2 Å². The molecule has 0 aliphatic carbocycles. The third kappa shape index (κ3) is 1.42. The van der Waals surface area contributed by atoms with Crippen LogP contribution in [0.4, 0.5) is 10.7 Å². The Kier molecular flexibility index (Phi) is 2.37. The van der Waals surface area contributed by atoms with Gasteiger partial charge in [-0.1, -0.05) is 29.5 Å². The van der Waals surface area contributed by atoms with E-state index >= 15 is 0 Å². The molecule has 0 spiro atoms. The number of aromatic nitrogens is 1. The van der Waals surface area contributed by atoms with Gasteiger partial charge in [-0.2, -0.15) is 4.99 Å². The van der Waals surface area contributed by atoms with Crippen molar-refractivity contribution in [3.63, 3.8) is 0 Å². The van der Waals surface area contributed by atoms with E-state index in [0.29, 0.717) is 10.7 Å². The minimum absolute atomic E-state index is 0.478. The van der Waals surface area contributed by atoms with Gasteiger partial charge in [-0.25, -0.2) is 9.78 Å². The molecule has 0 radical (unpaired) electrons. The van der Waals surface area contributed by atoms with Crippen LogP contribution in [0.15, 0.2) is 29.3 Å². The third-order valence-electron chi connectivity index (χ3n) is 2.96. The van der Waals surface area contributed by atoms with Gasteiger partial charge in [0, 0.05) is 10.8 Å². The van der Waals surface area contributed by atoms with Gasteiger partial charge in [0.2, 0.25) is 6.08 Å². The maximum absolute atomic E-state index is 10.4. The first-order chi connectivity index (χ1) is 8.72. The maximum atomic E-state index is 10.4. The zero-order valence-electron chi connectivity index (χ0n) is 9.60. The van der Waals surface area contributed by atoms with Crippen molar-refractivity contribution in [3.8, 4) is 0 Å². The van der Waals surface area contributed by atoms with Gasteiger partial charge >= 0.3 is 0 Å². The first kappa shape index (κ1) is 10.9. The zero-order chi connectivity index (χ0) is 12.7. The number of carbonyl (C=O) groups excluding carboxylic acids is 1. The van der Waals surface area contributed by atoms with Gasteiger partial charge < -0.3 is 5.73 Å². The summed E-state index contributed by atoms with van der Waals surface area (Å²) in [4.78, 5) is 19.3. The van der Waals surface area contributed by atoms with E-state index in [1.807, 2.05) is 31.2 Å². The Hall–Kier alpha value is -2.23. The molecule has 0 aliphatic heterocycles. The lowest BCUT2D eigenvalue weighted by atomic mass is 10.1. The molecule has 0 saturated heterocycles. The average Bonchev–Trinajstić information content (AvgIpc) is 2.67. The van der Waals surface area contributed by atoms with Crippen molar-refractivity contribution < 1.29 is 4.79 Å². The number of anilines is 1. The summed E-state index contributed by atoms with van der Waals surface area (Å²) in [5, 5.41) is 2.43. The van der Waals surface area contributed by atoms with Crippen LogP contribution >= 0.6 is 11.3 Å². The van der Waals surface area contributed by atoms with Crippen LogP contribution in [0.2, 0.25) is 0 Å². The van der Waals surface area contributed by atoms with E-state index in [4.69, 9.17) is 5.73 Å². The van der Waals surface area contributed by atoms with E-state index in [9.17, 15) is 4.79 Å². The Balaban J connectivity index is 2.52. The highest BCUT2D eigenvalue weighted by Crippen LogP contribution is 2.42. The standard InChI is InChI=1S/C13H9N3OS/c1-7-8-4-2-3-5-9(8)16-12-10(7)11(14)13(18-12)15-6-17/h2-5H,14H2,1H3. The largest absolute Gasteiger partial charge is 0.396 e. The van der Waals surface area contributed by atoms with E-state index in [-0.39, 0.29) is 0 Å². The molecule has 3 rings (SSSR count). The fourth-order valence-corrected chi connectivity index (χ4v) is 3.10. The number of rotatable bonds is 1. The molecule has 0 unspecified atom stereocenters. The van der Waals surface area contributed by atoms with Crippen molar-refractivity contribution >= 4 is 49.2 Å². The normalized spacial score (nSPS) is 10.7. The molecule has 0 fully saturated rings. The van der Waals surface area contributed by atoms with Crippen LogP contribution in [0.25, 0.3) is 21.1 Å². The average molecular weight is 255 g/mol. The molecule has 88 valence electrons. The summed E-state index contributed by atoms with van der Waals surface area (Å²) in [5.41, 5.74) is 8.51. The fourth-order valence-electron chi connectivity index (χ4n) is 2.12. The highest BCUT2D eigenvalue weighted by molar-refractivity contribution is 7.23. The molecule has 3 aromatic rings. The lowest BCUT2D eigenvalue weighted by Gasteiger charge is -2.03. The summed E-state index contributed by atoms with van der Waals surface area (Å²) in [6.45, 7) is 2.00. The van der Waals surface area contributed by atoms with Gasteiger partial charge in [0.1, 0.15) is 4.83 Å². The molecule has 2 heterocycles. The van der Waals surface area contributed by atoms with E-state index in [1.54, 1.807) is 0 Å². The number of hydrogen-bond acceptors (Lipinski definition) is 5. The maximum Gasteiger partial charge on any atom is 0.241 e. The van der Waals surface area contributed by atoms with Crippen molar-refractivity contribution in [1.82, 2.24) is 4.98 Å². The SMILES string of the molecule is Cc1c2ccccc2nc2sc(N=C=O)c(N)c12. The summed E-state index contributed by atoms with van der Waals surface area (Å²) in [7, 11) is 0. The quantitative estimate of drug-likeness (QED) is 0.535. The minimum atomic E-state index is 0.478. The van der Waals surface area contributed by atoms with Crippen LogP contribution in [0.3, 0.4) is 0 Å². The second-order valence-electron chi connectivity index (χ2n) is 3.96. The molecule has 1 aromatic carbocycles. The predicted molar refractivity (Wildman–Crippen MR) is 74.1 cm³/mol. The Morgan fingerprint density at radius 2 is 2.17 bits per heavy atom. The number of isocyanates is 1. The van der Waals surface area contributed by atoms with Crippen molar-refractivity contribution in [2.75, 3.05) is 5.73 Å². The molecule has 2 N–H and O–H groups in total. The number of nitrogens with zero attached hydrogens (tertiary/aromatic N) is 2. The first-order valence-electron chi connectivity index (χ1n) is 5.37. The first-order valence-corrected chi connectivity index (χ1v) is 6.19. The Morgan fingerprint density at radius 3 is 2.94 bits per heavy atom. The number of para-hydroxylation sites is 1. The summed E-state index contributed by atoms with van der Waals surface area (Å²) in [6, 6.07) is 7.88. The molecule has 4 nitrogen and oxygen atoms in total. The number of benzene rings is 1. The van der Waals surface area contributed by atoms with Gasteiger partial charge in [0.25, 0.3) is 0 Å². The number of aryl methyl sites for hydroxylation is 1. The van der Waals surface area contributed by atoms with Gasteiger partial charge in [-0.3, -0.25) is 0 Å².